The number of amides is 3. The zero-order valence-electron chi connectivity index (χ0n) is 11.0. The van der Waals surface area contributed by atoms with Crippen LogP contribution in [0, 0.1) is 17.7 Å². The third-order valence-corrected chi connectivity index (χ3v) is 3.09. The minimum atomic E-state index is -0.490. The fourth-order valence-electron chi connectivity index (χ4n) is 2.27. The van der Waals surface area contributed by atoms with E-state index in [9.17, 15) is 14.0 Å². The number of halogens is 1. The minimum absolute atomic E-state index is 0.249. The molecule has 0 saturated carbocycles. The van der Waals surface area contributed by atoms with Crippen molar-refractivity contribution in [2.75, 3.05) is 11.4 Å². The first-order chi connectivity index (χ1) is 8.99. The SMILES string of the molecule is CC(C)CC1CNC(=O)N(c2cccc(F)c2)C1=O. The Labute approximate surface area is 111 Å². The van der Waals surface area contributed by atoms with E-state index in [0.29, 0.717) is 18.9 Å². The molecule has 0 aliphatic carbocycles. The van der Waals surface area contributed by atoms with E-state index in [0.717, 1.165) is 4.90 Å². The molecule has 0 radical (unpaired) electrons. The lowest BCUT2D eigenvalue weighted by atomic mass is 9.94. The van der Waals surface area contributed by atoms with Gasteiger partial charge in [0.1, 0.15) is 5.82 Å². The quantitative estimate of drug-likeness (QED) is 0.912. The summed E-state index contributed by atoms with van der Waals surface area (Å²) in [4.78, 5) is 25.2. The van der Waals surface area contributed by atoms with Crippen molar-refractivity contribution in [3.05, 3.63) is 30.1 Å². The maximum absolute atomic E-state index is 13.2. The van der Waals surface area contributed by atoms with Gasteiger partial charge in [-0.15, -0.1) is 0 Å². The standard InChI is InChI=1S/C14H17FN2O2/c1-9(2)6-10-8-16-14(19)17(13(10)18)12-5-3-4-11(15)7-12/h3-5,7,9-10H,6,8H2,1-2H3,(H,16,19). The number of rotatable bonds is 3. The molecule has 1 unspecified atom stereocenters. The van der Waals surface area contributed by atoms with Crippen LogP contribution in [0.5, 0.6) is 0 Å². The molecule has 102 valence electrons. The van der Waals surface area contributed by atoms with Gasteiger partial charge in [-0.05, 0) is 30.5 Å². The Hall–Kier alpha value is -1.91. The average molecular weight is 264 g/mol. The van der Waals surface area contributed by atoms with E-state index in [4.69, 9.17) is 0 Å². The largest absolute Gasteiger partial charge is 0.337 e. The van der Waals surface area contributed by atoms with Crippen molar-refractivity contribution in [1.29, 1.82) is 0 Å². The molecule has 1 aliphatic rings. The molecule has 1 atom stereocenters. The molecule has 1 aliphatic heterocycles. The monoisotopic (exact) mass is 264 g/mol. The highest BCUT2D eigenvalue weighted by Crippen LogP contribution is 2.23. The van der Waals surface area contributed by atoms with Gasteiger partial charge in [0.05, 0.1) is 11.6 Å². The van der Waals surface area contributed by atoms with E-state index in [-0.39, 0.29) is 17.5 Å². The van der Waals surface area contributed by atoms with E-state index in [2.05, 4.69) is 5.32 Å². The number of hydrogen-bond acceptors (Lipinski definition) is 2. The number of nitrogens with one attached hydrogen (secondary N) is 1. The topological polar surface area (TPSA) is 49.4 Å². The van der Waals surface area contributed by atoms with Crippen molar-refractivity contribution in [2.24, 2.45) is 11.8 Å². The summed E-state index contributed by atoms with van der Waals surface area (Å²) in [5.74, 6) is -0.619. The number of nitrogens with zero attached hydrogens (tertiary/aromatic N) is 1. The van der Waals surface area contributed by atoms with E-state index in [1.54, 1.807) is 6.07 Å². The molecule has 0 spiro atoms. The summed E-state index contributed by atoms with van der Waals surface area (Å²) in [5.41, 5.74) is 0.274. The molecule has 0 aromatic heterocycles. The molecule has 1 aromatic rings. The lowest BCUT2D eigenvalue weighted by Gasteiger charge is -2.32. The van der Waals surface area contributed by atoms with E-state index in [1.807, 2.05) is 13.8 Å². The smallest absolute Gasteiger partial charge is 0.328 e. The fraction of sp³-hybridized carbons (Fsp3) is 0.429. The van der Waals surface area contributed by atoms with Gasteiger partial charge in [0.2, 0.25) is 5.91 Å². The fourth-order valence-corrected chi connectivity index (χ4v) is 2.27. The summed E-state index contributed by atoms with van der Waals surface area (Å²) in [6.07, 6.45) is 0.699. The Morgan fingerprint density at radius 2 is 2.16 bits per heavy atom. The van der Waals surface area contributed by atoms with Gasteiger partial charge in [0.25, 0.3) is 0 Å². The summed E-state index contributed by atoms with van der Waals surface area (Å²) in [5, 5.41) is 2.68. The van der Waals surface area contributed by atoms with Crippen LogP contribution in [-0.4, -0.2) is 18.5 Å². The van der Waals surface area contributed by atoms with Gasteiger partial charge in [-0.3, -0.25) is 4.79 Å². The summed E-state index contributed by atoms with van der Waals surface area (Å²) < 4.78 is 13.2. The van der Waals surface area contributed by atoms with Crippen LogP contribution in [0.15, 0.2) is 24.3 Å². The molecule has 19 heavy (non-hydrogen) atoms. The van der Waals surface area contributed by atoms with Gasteiger partial charge in [-0.2, -0.15) is 0 Å². The number of hydrogen-bond donors (Lipinski definition) is 1. The normalized spacial score (nSPS) is 19.8. The first kappa shape index (κ1) is 13.5. The Morgan fingerprint density at radius 1 is 1.42 bits per heavy atom. The number of urea groups is 1. The molecule has 1 N–H and O–H groups in total. The molecule has 2 rings (SSSR count). The van der Waals surface area contributed by atoms with Gasteiger partial charge < -0.3 is 5.32 Å². The highest BCUT2D eigenvalue weighted by Gasteiger charge is 2.35. The molecule has 5 heteroatoms. The second-order valence-corrected chi connectivity index (χ2v) is 5.17. The number of anilines is 1. The Balaban J connectivity index is 2.26. The molecular weight excluding hydrogens is 247 g/mol. The maximum atomic E-state index is 13.2. The highest BCUT2D eigenvalue weighted by molar-refractivity contribution is 6.16. The Kier molecular flexibility index (Phi) is 3.83. The van der Waals surface area contributed by atoms with E-state index >= 15 is 0 Å². The second-order valence-electron chi connectivity index (χ2n) is 5.17. The molecule has 3 amide bonds. The van der Waals surface area contributed by atoms with Crippen molar-refractivity contribution in [3.63, 3.8) is 0 Å². The first-order valence-electron chi connectivity index (χ1n) is 6.36. The van der Waals surface area contributed by atoms with Gasteiger partial charge >= 0.3 is 6.03 Å². The molecule has 1 aromatic carbocycles. The number of imide groups is 1. The average Bonchev–Trinajstić information content (AvgIpc) is 2.33. The van der Waals surface area contributed by atoms with Crippen LogP contribution >= 0.6 is 0 Å². The van der Waals surface area contributed by atoms with Crippen molar-refractivity contribution in [3.8, 4) is 0 Å². The zero-order chi connectivity index (χ0) is 14.0. The Morgan fingerprint density at radius 3 is 2.79 bits per heavy atom. The second kappa shape index (κ2) is 5.38. The van der Waals surface area contributed by atoms with Crippen molar-refractivity contribution < 1.29 is 14.0 Å². The van der Waals surface area contributed by atoms with Gasteiger partial charge in [0, 0.05) is 6.54 Å². The third-order valence-electron chi connectivity index (χ3n) is 3.09. The number of benzene rings is 1. The molecule has 4 nitrogen and oxygen atoms in total. The van der Waals surface area contributed by atoms with Crippen LogP contribution < -0.4 is 10.2 Å². The van der Waals surface area contributed by atoms with Crippen LogP contribution in [0.4, 0.5) is 14.9 Å². The summed E-state index contributed by atoms with van der Waals surface area (Å²) in [6.45, 7) is 4.40. The summed E-state index contributed by atoms with van der Waals surface area (Å²) in [7, 11) is 0. The number of carbonyl (C=O) groups is 2. The highest BCUT2D eigenvalue weighted by atomic mass is 19.1. The van der Waals surface area contributed by atoms with Crippen molar-refractivity contribution >= 4 is 17.6 Å². The third kappa shape index (κ3) is 2.92. The maximum Gasteiger partial charge on any atom is 0.328 e. The summed E-state index contributed by atoms with van der Waals surface area (Å²) in [6, 6.07) is 5.02. The zero-order valence-corrected chi connectivity index (χ0v) is 11.0. The van der Waals surface area contributed by atoms with E-state index in [1.165, 1.54) is 18.2 Å². The minimum Gasteiger partial charge on any atom is -0.337 e. The van der Waals surface area contributed by atoms with Crippen molar-refractivity contribution in [2.45, 2.75) is 20.3 Å². The van der Waals surface area contributed by atoms with Crippen LogP contribution in [-0.2, 0) is 4.79 Å². The predicted octanol–water partition coefficient (Wildman–Crippen LogP) is 2.54. The molecular formula is C14H17FN2O2. The predicted molar refractivity (Wildman–Crippen MR) is 70.2 cm³/mol. The summed E-state index contributed by atoms with van der Waals surface area (Å²) >= 11 is 0. The Bertz CT molecular complexity index is 502. The molecule has 0 bridgehead atoms. The van der Waals surface area contributed by atoms with Crippen molar-refractivity contribution in [1.82, 2.24) is 5.32 Å². The molecule has 1 heterocycles. The van der Waals surface area contributed by atoms with Crippen LogP contribution in [0.2, 0.25) is 0 Å². The molecule has 1 fully saturated rings. The lowest BCUT2D eigenvalue weighted by molar-refractivity contribution is -0.122. The van der Waals surface area contributed by atoms with E-state index < -0.39 is 11.8 Å². The van der Waals surface area contributed by atoms with Crippen LogP contribution in [0.1, 0.15) is 20.3 Å². The number of carbonyl (C=O) groups excluding carboxylic acids is 2. The molecule has 1 saturated heterocycles. The van der Waals surface area contributed by atoms with Gasteiger partial charge in [-0.25, -0.2) is 14.1 Å². The van der Waals surface area contributed by atoms with Crippen LogP contribution in [0.25, 0.3) is 0 Å². The van der Waals surface area contributed by atoms with Gasteiger partial charge in [0.15, 0.2) is 0 Å². The van der Waals surface area contributed by atoms with Gasteiger partial charge in [-0.1, -0.05) is 19.9 Å². The first-order valence-corrected chi connectivity index (χ1v) is 6.36. The lowest BCUT2D eigenvalue weighted by Crippen LogP contribution is -2.55. The van der Waals surface area contributed by atoms with Crippen LogP contribution in [0.3, 0.4) is 0 Å².